The van der Waals surface area contributed by atoms with Crippen molar-refractivity contribution in [3.05, 3.63) is 217 Å². The van der Waals surface area contributed by atoms with Crippen molar-refractivity contribution < 1.29 is 0 Å². The largest absolute Gasteiger partial charge is 0.311 e. The van der Waals surface area contributed by atoms with E-state index in [-0.39, 0.29) is 6.71 Å². The first-order valence-electron chi connectivity index (χ1n) is 23.9. The van der Waals surface area contributed by atoms with Gasteiger partial charge >= 0.3 is 0 Å². The Kier molecular flexibility index (Phi) is 7.03. The summed E-state index contributed by atoms with van der Waals surface area (Å²) in [5.74, 6) is 0. The van der Waals surface area contributed by atoms with Crippen molar-refractivity contribution in [1.29, 1.82) is 0 Å². The molecule has 5 heterocycles. The molecule has 3 nitrogen and oxygen atoms in total. The summed E-state index contributed by atoms with van der Waals surface area (Å²) in [7, 11) is 0. The molecule has 0 bridgehead atoms. The van der Waals surface area contributed by atoms with Gasteiger partial charge in [-0.15, -0.1) is 0 Å². The molecular formula is C64H40BN3. The van der Waals surface area contributed by atoms with E-state index in [1.165, 1.54) is 156 Å². The molecule has 0 saturated carbocycles. The molecule has 0 radical (unpaired) electrons. The highest BCUT2D eigenvalue weighted by atomic mass is 15.2. The van der Waals surface area contributed by atoms with Gasteiger partial charge in [0, 0.05) is 55.8 Å². The number of para-hydroxylation sites is 2. The first kappa shape index (κ1) is 36.6. The quantitative estimate of drug-likeness (QED) is 0.160. The molecule has 11 aromatic rings. The summed E-state index contributed by atoms with van der Waals surface area (Å²) >= 11 is 0. The molecule has 0 amide bonds. The van der Waals surface area contributed by atoms with Gasteiger partial charge in [0.25, 0.3) is 6.71 Å². The van der Waals surface area contributed by atoms with Gasteiger partial charge in [0.05, 0.1) is 28.4 Å². The minimum atomic E-state index is -0.0142. The van der Waals surface area contributed by atoms with Gasteiger partial charge in [-0.2, -0.15) is 0 Å². The molecule has 68 heavy (non-hydrogen) atoms. The lowest BCUT2D eigenvalue weighted by Gasteiger charge is -2.52. The summed E-state index contributed by atoms with van der Waals surface area (Å²) in [6.07, 6.45) is 0. The third-order valence-corrected chi connectivity index (χ3v) is 15.8. The van der Waals surface area contributed by atoms with Gasteiger partial charge in [0.15, 0.2) is 0 Å². The van der Waals surface area contributed by atoms with Crippen LogP contribution in [0.2, 0.25) is 0 Å². The lowest BCUT2D eigenvalue weighted by Crippen LogP contribution is -2.65. The van der Waals surface area contributed by atoms with Gasteiger partial charge in [-0.05, 0) is 134 Å². The number of hydrogen-bond donors (Lipinski definition) is 0. The minimum absolute atomic E-state index is 0.0142. The van der Waals surface area contributed by atoms with Gasteiger partial charge in [-0.25, -0.2) is 0 Å². The molecule has 0 aliphatic carbocycles. The first-order chi connectivity index (χ1) is 33.6. The van der Waals surface area contributed by atoms with Crippen LogP contribution < -0.4 is 31.1 Å². The van der Waals surface area contributed by atoms with E-state index in [0.29, 0.717) is 0 Å². The van der Waals surface area contributed by atoms with E-state index >= 15 is 0 Å². The Morgan fingerprint density at radius 3 is 1.24 bits per heavy atom. The van der Waals surface area contributed by atoms with E-state index in [1.54, 1.807) is 0 Å². The summed E-state index contributed by atoms with van der Waals surface area (Å²) in [4.78, 5) is 7.98. The Hall–Kier alpha value is -8.60. The molecule has 0 saturated heterocycles. The second kappa shape index (κ2) is 13.1. The summed E-state index contributed by atoms with van der Waals surface area (Å²) in [5.41, 5.74) is 30.5. The van der Waals surface area contributed by atoms with Gasteiger partial charge in [-0.1, -0.05) is 158 Å². The number of nitrogens with zero attached hydrogens (tertiary/aromatic N) is 3. The summed E-state index contributed by atoms with van der Waals surface area (Å²) < 4.78 is 0. The number of benzene rings is 11. The van der Waals surface area contributed by atoms with Crippen LogP contribution in [-0.4, -0.2) is 6.71 Å². The maximum atomic E-state index is 2.75. The fourth-order valence-corrected chi connectivity index (χ4v) is 13.3. The van der Waals surface area contributed by atoms with Crippen molar-refractivity contribution in [2.24, 2.45) is 0 Å². The zero-order valence-corrected chi connectivity index (χ0v) is 37.5. The molecule has 11 aromatic carbocycles. The van der Waals surface area contributed by atoms with Crippen LogP contribution in [0.15, 0.2) is 206 Å². The molecule has 4 heteroatoms. The predicted octanol–water partition coefficient (Wildman–Crippen LogP) is 15.4. The van der Waals surface area contributed by atoms with E-state index in [9.17, 15) is 0 Å². The van der Waals surface area contributed by atoms with Crippen LogP contribution in [0.4, 0.5) is 51.2 Å². The van der Waals surface area contributed by atoms with E-state index in [0.717, 1.165) is 0 Å². The molecule has 0 atom stereocenters. The smallest absolute Gasteiger partial charge is 0.257 e. The highest BCUT2D eigenvalue weighted by Gasteiger charge is 2.53. The molecule has 0 spiro atoms. The molecule has 5 aliphatic heterocycles. The van der Waals surface area contributed by atoms with E-state index in [4.69, 9.17) is 0 Å². The van der Waals surface area contributed by atoms with Crippen molar-refractivity contribution in [2.75, 3.05) is 14.7 Å². The zero-order valence-electron chi connectivity index (χ0n) is 37.5. The second-order valence-corrected chi connectivity index (χ2v) is 19.2. The molecule has 0 unspecified atom stereocenters. The molecule has 314 valence electrons. The Labute approximate surface area is 395 Å². The lowest BCUT2D eigenvalue weighted by atomic mass is 9.31. The minimum Gasteiger partial charge on any atom is -0.311 e. The molecule has 0 fully saturated rings. The van der Waals surface area contributed by atoms with Crippen molar-refractivity contribution >= 4 is 95.8 Å². The van der Waals surface area contributed by atoms with Crippen LogP contribution in [0.5, 0.6) is 0 Å². The van der Waals surface area contributed by atoms with Crippen molar-refractivity contribution in [3.63, 3.8) is 0 Å². The maximum Gasteiger partial charge on any atom is 0.257 e. The average Bonchev–Trinajstić information content (AvgIpc) is 3.38. The Bertz CT molecular complexity index is 3830. The lowest BCUT2D eigenvalue weighted by molar-refractivity contribution is 1.23. The van der Waals surface area contributed by atoms with Crippen LogP contribution in [0.1, 0.15) is 11.1 Å². The summed E-state index contributed by atoms with van der Waals surface area (Å²) in [6, 6.07) is 77.8. The first-order valence-corrected chi connectivity index (χ1v) is 23.9. The third kappa shape index (κ3) is 4.50. The average molecular weight is 862 g/mol. The fraction of sp³-hybridized carbons (Fsp3) is 0.0312. The second-order valence-electron chi connectivity index (χ2n) is 19.2. The van der Waals surface area contributed by atoms with Gasteiger partial charge in [-0.3, -0.25) is 0 Å². The summed E-state index contributed by atoms with van der Waals surface area (Å²) in [5, 5.41) is 5.18. The molecule has 0 aromatic heterocycles. The van der Waals surface area contributed by atoms with E-state index in [1.807, 2.05) is 0 Å². The number of hydrogen-bond acceptors (Lipinski definition) is 3. The maximum absolute atomic E-state index is 2.75. The van der Waals surface area contributed by atoms with Crippen molar-refractivity contribution in [2.45, 2.75) is 13.8 Å². The normalized spacial score (nSPS) is 13.6. The highest BCUT2D eigenvalue weighted by molar-refractivity contribution is 7.03. The Morgan fingerprint density at radius 2 is 0.721 bits per heavy atom. The van der Waals surface area contributed by atoms with E-state index < -0.39 is 0 Å². The SMILES string of the molecule is Cc1cccc(C)c1-c1cc2c3c(c1)-c1cccc4cc5c6c(c14)N3c1c3c(cc4cccc-2c14)N(c1ccccc1-c1ccccc1)c1cccc(c1B36)N5c1ccccc1-c1ccccc1. The fourth-order valence-electron chi connectivity index (χ4n) is 13.3. The third-order valence-electron chi connectivity index (χ3n) is 15.8. The van der Waals surface area contributed by atoms with E-state index in [2.05, 4.69) is 235 Å². The van der Waals surface area contributed by atoms with Crippen molar-refractivity contribution in [3.8, 4) is 55.6 Å². The van der Waals surface area contributed by atoms with Crippen LogP contribution in [-0.2, 0) is 0 Å². The van der Waals surface area contributed by atoms with Crippen LogP contribution >= 0.6 is 0 Å². The monoisotopic (exact) mass is 861 g/mol. The number of anilines is 9. The highest BCUT2D eigenvalue weighted by Crippen LogP contribution is 2.64. The van der Waals surface area contributed by atoms with Crippen LogP contribution in [0, 0.1) is 13.8 Å². The zero-order chi connectivity index (χ0) is 44.5. The molecular weight excluding hydrogens is 822 g/mol. The molecule has 5 aliphatic rings. The number of fused-ring (bicyclic) bond motifs is 2. The topological polar surface area (TPSA) is 9.72 Å². The van der Waals surface area contributed by atoms with Crippen LogP contribution in [0.25, 0.3) is 77.2 Å². The summed E-state index contributed by atoms with van der Waals surface area (Å²) in [6.45, 7) is 4.51. The van der Waals surface area contributed by atoms with Gasteiger partial charge in [0.1, 0.15) is 0 Å². The Balaban J connectivity index is 1.11. The molecule has 0 N–H and O–H groups in total. The van der Waals surface area contributed by atoms with Gasteiger partial charge < -0.3 is 14.7 Å². The molecule has 16 rings (SSSR count). The van der Waals surface area contributed by atoms with Gasteiger partial charge in [0.2, 0.25) is 0 Å². The van der Waals surface area contributed by atoms with Crippen LogP contribution in [0.3, 0.4) is 0 Å². The Morgan fingerprint density at radius 1 is 0.294 bits per heavy atom. The number of rotatable bonds is 5. The standard InChI is InChI=1S/C64H40BN3/c1-37-17-13-18-38(2)56(37)43-33-48-46-27-14-23-41-35-54-60-63(57(41)46)68-62(48)49(34-43)47-28-15-24-42-36-55-61(64(68)58(42)47)65(60)59-52(66(54)50-29-11-9-25-44(50)39-19-5-3-6-20-39)31-16-32-53(59)67(55)51-30-12-10-26-45(51)40-21-7-4-8-22-40/h3-36H,1-2H3. The predicted molar refractivity (Wildman–Crippen MR) is 287 cm³/mol. The number of aryl methyl sites for hydroxylation is 2. The van der Waals surface area contributed by atoms with Crippen molar-refractivity contribution in [1.82, 2.24) is 0 Å².